The summed E-state index contributed by atoms with van der Waals surface area (Å²) in [6.45, 7) is 1.38. The van der Waals surface area contributed by atoms with Crippen LogP contribution in [0.5, 0.6) is 5.75 Å². The highest BCUT2D eigenvalue weighted by Gasteiger charge is 2.41. The molecule has 1 fully saturated rings. The van der Waals surface area contributed by atoms with Crippen molar-refractivity contribution in [3.8, 4) is 5.75 Å². The van der Waals surface area contributed by atoms with Crippen LogP contribution in [0.25, 0.3) is 0 Å². The van der Waals surface area contributed by atoms with Gasteiger partial charge >= 0.3 is 6.09 Å². The SMILES string of the molecule is COc1ccc(C(=O)N2CCC(OC(=O)NCc3ccccc3)(c3ccccc3)CC2)cc1. The lowest BCUT2D eigenvalue weighted by atomic mass is 9.84. The van der Waals surface area contributed by atoms with E-state index in [0.717, 1.165) is 11.1 Å². The minimum absolute atomic E-state index is 0.0344. The molecule has 4 rings (SSSR count). The molecule has 1 heterocycles. The van der Waals surface area contributed by atoms with Crippen molar-refractivity contribution < 1.29 is 19.1 Å². The monoisotopic (exact) mass is 444 g/mol. The first-order chi connectivity index (χ1) is 16.1. The van der Waals surface area contributed by atoms with E-state index < -0.39 is 11.7 Å². The van der Waals surface area contributed by atoms with Crippen molar-refractivity contribution in [3.63, 3.8) is 0 Å². The third kappa shape index (κ3) is 5.34. The fourth-order valence-corrected chi connectivity index (χ4v) is 4.16. The number of rotatable bonds is 6. The summed E-state index contributed by atoms with van der Waals surface area (Å²) in [5.74, 6) is 0.677. The smallest absolute Gasteiger partial charge is 0.408 e. The Labute approximate surface area is 194 Å². The van der Waals surface area contributed by atoms with E-state index in [0.29, 0.717) is 43.8 Å². The molecule has 0 saturated carbocycles. The molecule has 1 aliphatic heterocycles. The zero-order chi connectivity index (χ0) is 23.1. The molecule has 170 valence electrons. The molecule has 0 spiro atoms. The topological polar surface area (TPSA) is 67.9 Å². The molecule has 6 nitrogen and oxygen atoms in total. The fourth-order valence-electron chi connectivity index (χ4n) is 4.16. The number of methoxy groups -OCH3 is 1. The van der Waals surface area contributed by atoms with Crippen LogP contribution in [-0.2, 0) is 16.9 Å². The molecule has 1 N–H and O–H groups in total. The van der Waals surface area contributed by atoms with Gasteiger partial charge in [0.15, 0.2) is 0 Å². The van der Waals surface area contributed by atoms with Crippen LogP contribution in [0.2, 0.25) is 0 Å². The van der Waals surface area contributed by atoms with Crippen molar-refractivity contribution in [1.29, 1.82) is 0 Å². The van der Waals surface area contributed by atoms with E-state index in [4.69, 9.17) is 9.47 Å². The van der Waals surface area contributed by atoms with Crippen LogP contribution in [-0.4, -0.2) is 37.1 Å². The molecule has 0 unspecified atom stereocenters. The third-order valence-corrected chi connectivity index (χ3v) is 6.06. The molecule has 0 radical (unpaired) electrons. The van der Waals surface area contributed by atoms with Gasteiger partial charge in [-0.1, -0.05) is 60.7 Å². The van der Waals surface area contributed by atoms with Crippen LogP contribution < -0.4 is 10.1 Å². The first-order valence-corrected chi connectivity index (χ1v) is 11.1. The van der Waals surface area contributed by atoms with Gasteiger partial charge in [0, 0.05) is 38.0 Å². The van der Waals surface area contributed by atoms with Gasteiger partial charge in [-0.2, -0.15) is 0 Å². The largest absolute Gasteiger partial charge is 0.497 e. The van der Waals surface area contributed by atoms with Crippen molar-refractivity contribution in [2.75, 3.05) is 20.2 Å². The number of nitrogens with zero attached hydrogens (tertiary/aromatic N) is 1. The summed E-state index contributed by atoms with van der Waals surface area (Å²) in [4.78, 5) is 27.5. The van der Waals surface area contributed by atoms with Gasteiger partial charge in [0.05, 0.1) is 7.11 Å². The van der Waals surface area contributed by atoms with Crippen molar-refractivity contribution in [2.24, 2.45) is 0 Å². The average molecular weight is 445 g/mol. The number of carbonyl (C=O) groups excluding carboxylic acids is 2. The zero-order valence-electron chi connectivity index (χ0n) is 18.7. The van der Waals surface area contributed by atoms with Gasteiger partial charge in [-0.3, -0.25) is 4.79 Å². The first-order valence-electron chi connectivity index (χ1n) is 11.1. The Morgan fingerprint density at radius 3 is 2.09 bits per heavy atom. The van der Waals surface area contributed by atoms with Gasteiger partial charge in [-0.25, -0.2) is 4.79 Å². The summed E-state index contributed by atoms with van der Waals surface area (Å²) in [7, 11) is 1.60. The number of nitrogens with one attached hydrogen (secondary N) is 1. The molecule has 6 heteroatoms. The summed E-state index contributed by atoms with van der Waals surface area (Å²) in [6, 6.07) is 26.6. The maximum absolute atomic E-state index is 13.0. The Kier molecular flexibility index (Phi) is 6.93. The van der Waals surface area contributed by atoms with E-state index in [1.165, 1.54) is 0 Å². The number of carbonyl (C=O) groups is 2. The van der Waals surface area contributed by atoms with E-state index >= 15 is 0 Å². The highest BCUT2D eigenvalue weighted by atomic mass is 16.6. The molecule has 1 aliphatic rings. The second kappa shape index (κ2) is 10.2. The predicted octanol–water partition coefficient (Wildman–Crippen LogP) is 4.75. The normalized spacial score (nSPS) is 14.9. The van der Waals surface area contributed by atoms with Crippen LogP contribution >= 0.6 is 0 Å². The summed E-state index contributed by atoms with van der Waals surface area (Å²) in [6.07, 6.45) is 0.590. The number of amides is 2. The number of piperidine rings is 1. The lowest BCUT2D eigenvalue weighted by Gasteiger charge is -2.41. The third-order valence-electron chi connectivity index (χ3n) is 6.06. The molecule has 0 atom stereocenters. The Morgan fingerprint density at radius 1 is 0.879 bits per heavy atom. The number of alkyl carbamates (subject to hydrolysis) is 1. The summed E-state index contributed by atoms with van der Waals surface area (Å²) >= 11 is 0. The molecule has 3 aromatic rings. The molecular formula is C27H28N2O4. The molecular weight excluding hydrogens is 416 g/mol. The summed E-state index contributed by atoms with van der Waals surface area (Å²) in [5, 5.41) is 2.86. The maximum atomic E-state index is 13.0. The van der Waals surface area contributed by atoms with Crippen LogP contribution in [0.1, 0.15) is 34.3 Å². The zero-order valence-corrected chi connectivity index (χ0v) is 18.7. The maximum Gasteiger partial charge on any atom is 0.408 e. The summed E-state index contributed by atoms with van der Waals surface area (Å²) in [5.41, 5.74) is 1.78. The van der Waals surface area contributed by atoms with Gasteiger partial charge in [-0.05, 0) is 35.4 Å². The van der Waals surface area contributed by atoms with Crippen molar-refractivity contribution in [1.82, 2.24) is 10.2 Å². The minimum atomic E-state index is -0.779. The Morgan fingerprint density at radius 2 is 1.48 bits per heavy atom. The average Bonchev–Trinajstić information content (AvgIpc) is 2.89. The highest BCUT2D eigenvalue weighted by Crippen LogP contribution is 2.37. The van der Waals surface area contributed by atoms with Gasteiger partial charge in [0.25, 0.3) is 5.91 Å². The van der Waals surface area contributed by atoms with E-state index in [2.05, 4.69) is 5.32 Å². The van der Waals surface area contributed by atoms with Gasteiger partial charge in [0.1, 0.15) is 11.4 Å². The van der Waals surface area contributed by atoms with E-state index in [9.17, 15) is 9.59 Å². The second-order valence-electron chi connectivity index (χ2n) is 8.11. The number of ether oxygens (including phenoxy) is 2. The molecule has 1 saturated heterocycles. The van der Waals surface area contributed by atoms with Crippen LogP contribution in [0.3, 0.4) is 0 Å². The number of likely N-dealkylation sites (tertiary alicyclic amines) is 1. The predicted molar refractivity (Wildman–Crippen MR) is 126 cm³/mol. The Hall–Kier alpha value is -3.80. The highest BCUT2D eigenvalue weighted by molar-refractivity contribution is 5.94. The number of hydrogen-bond acceptors (Lipinski definition) is 4. The molecule has 2 amide bonds. The second-order valence-corrected chi connectivity index (χ2v) is 8.11. The quantitative estimate of drug-likeness (QED) is 0.596. The fraction of sp³-hybridized carbons (Fsp3) is 0.259. The standard InChI is InChI=1S/C27H28N2O4/c1-32-24-14-12-22(13-15-24)25(30)29-18-16-27(17-19-29,23-10-6-3-7-11-23)33-26(31)28-20-21-8-4-2-5-9-21/h2-15H,16-20H2,1H3,(H,28,31). The van der Waals surface area contributed by atoms with Crippen LogP contribution in [0, 0.1) is 0 Å². The number of benzene rings is 3. The Bertz CT molecular complexity index is 1060. The van der Waals surface area contributed by atoms with Gasteiger partial charge in [-0.15, -0.1) is 0 Å². The lowest BCUT2D eigenvalue weighted by molar-refractivity contribution is -0.0359. The van der Waals surface area contributed by atoms with E-state index in [-0.39, 0.29) is 5.91 Å². The molecule has 0 aliphatic carbocycles. The van der Waals surface area contributed by atoms with E-state index in [1.54, 1.807) is 31.4 Å². The lowest BCUT2D eigenvalue weighted by Crippen LogP contribution is -2.48. The molecule has 0 bridgehead atoms. The van der Waals surface area contributed by atoms with Crippen molar-refractivity contribution in [3.05, 3.63) is 102 Å². The van der Waals surface area contributed by atoms with Gasteiger partial charge < -0.3 is 19.7 Å². The Balaban J connectivity index is 1.44. The molecule has 3 aromatic carbocycles. The van der Waals surface area contributed by atoms with Crippen LogP contribution in [0.4, 0.5) is 4.79 Å². The molecule has 33 heavy (non-hydrogen) atoms. The summed E-state index contributed by atoms with van der Waals surface area (Å²) < 4.78 is 11.2. The van der Waals surface area contributed by atoms with Crippen molar-refractivity contribution >= 4 is 12.0 Å². The number of hydrogen-bond donors (Lipinski definition) is 1. The minimum Gasteiger partial charge on any atom is -0.497 e. The molecule has 0 aromatic heterocycles. The van der Waals surface area contributed by atoms with Crippen LogP contribution in [0.15, 0.2) is 84.9 Å². The van der Waals surface area contributed by atoms with Gasteiger partial charge in [0.2, 0.25) is 0 Å². The first kappa shape index (κ1) is 22.4. The van der Waals surface area contributed by atoms with Crippen molar-refractivity contribution in [2.45, 2.75) is 25.0 Å². The van der Waals surface area contributed by atoms with E-state index in [1.807, 2.05) is 65.6 Å².